The third kappa shape index (κ3) is 4.00. The molecule has 2 aromatic carbocycles. The standard InChI is InChI=1S/C26H36N2OP/c1-17-11-19(3)23(20(4)12-17)15-27-25-9-7-8-10-26(25)28(30(27)29)16-24-21(5)13-18(2)14-22(24)6/h11-14,25-26H,7-10,15-16H2,1-6H3/q+1/t25-,26-/m1/s1. The average molecular weight is 424 g/mol. The largest absolute Gasteiger partial charge is 0.538 e. The Morgan fingerprint density at radius 2 is 1.03 bits per heavy atom. The van der Waals surface area contributed by atoms with Crippen LogP contribution in [0.2, 0.25) is 0 Å². The van der Waals surface area contributed by atoms with Crippen molar-refractivity contribution in [2.24, 2.45) is 0 Å². The summed E-state index contributed by atoms with van der Waals surface area (Å²) in [6, 6.07) is 9.88. The number of hydrogen-bond acceptors (Lipinski definition) is 1. The summed E-state index contributed by atoms with van der Waals surface area (Å²) >= 11 is 0. The number of fused-ring (bicyclic) bond motifs is 1. The lowest BCUT2D eigenvalue weighted by Crippen LogP contribution is -2.39. The molecule has 30 heavy (non-hydrogen) atoms. The predicted octanol–water partition coefficient (Wildman–Crippen LogP) is 6.82. The van der Waals surface area contributed by atoms with E-state index in [1.54, 1.807) is 0 Å². The lowest BCUT2D eigenvalue weighted by Gasteiger charge is -2.27. The van der Waals surface area contributed by atoms with Crippen molar-refractivity contribution in [3.63, 3.8) is 0 Å². The Balaban J connectivity index is 1.65. The van der Waals surface area contributed by atoms with E-state index in [4.69, 9.17) is 0 Å². The average Bonchev–Trinajstić information content (AvgIpc) is 2.92. The molecule has 2 aromatic rings. The van der Waals surface area contributed by atoms with Crippen LogP contribution in [-0.4, -0.2) is 21.4 Å². The van der Waals surface area contributed by atoms with Crippen LogP contribution in [0.25, 0.3) is 0 Å². The molecule has 0 radical (unpaired) electrons. The van der Waals surface area contributed by atoms with Crippen LogP contribution in [0, 0.1) is 41.5 Å². The molecule has 1 heterocycles. The fraction of sp³-hybridized carbons (Fsp3) is 0.538. The van der Waals surface area contributed by atoms with Crippen molar-refractivity contribution < 1.29 is 4.57 Å². The Morgan fingerprint density at radius 3 is 1.37 bits per heavy atom. The maximum atomic E-state index is 13.9. The van der Waals surface area contributed by atoms with Crippen LogP contribution in [0.15, 0.2) is 24.3 Å². The summed E-state index contributed by atoms with van der Waals surface area (Å²) in [5.41, 5.74) is 10.6. The van der Waals surface area contributed by atoms with Gasteiger partial charge in [0.15, 0.2) is 0 Å². The van der Waals surface area contributed by atoms with Crippen molar-refractivity contribution in [2.45, 2.75) is 92.4 Å². The van der Waals surface area contributed by atoms with Gasteiger partial charge >= 0.3 is 8.10 Å². The minimum absolute atomic E-state index is 0.411. The van der Waals surface area contributed by atoms with E-state index in [0.717, 1.165) is 25.9 Å². The van der Waals surface area contributed by atoms with Gasteiger partial charge in [0.2, 0.25) is 0 Å². The molecule has 2 atom stereocenters. The molecule has 0 unspecified atom stereocenters. The maximum Gasteiger partial charge on any atom is 0.538 e. The van der Waals surface area contributed by atoms with Crippen LogP contribution in [0.5, 0.6) is 0 Å². The highest BCUT2D eigenvalue weighted by Crippen LogP contribution is 2.52. The molecule has 4 heteroatoms. The molecule has 1 saturated carbocycles. The first-order valence-electron chi connectivity index (χ1n) is 11.4. The first-order valence-corrected chi connectivity index (χ1v) is 12.6. The van der Waals surface area contributed by atoms with Gasteiger partial charge in [-0.05, 0) is 92.3 Å². The van der Waals surface area contributed by atoms with E-state index in [0.29, 0.717) is 12.1 Å². The van der Waals surface area contributed by atoms with Gasteiger partial charge in [0, 0.05) is 0 Å². The van der Waals surface area contributed by atoms with Gasteiger partial charge in [0.25, 0.3) is 0 Å². The van der Waals surface area contributed by atoms with Crippen molar-refractivity contribution in [2.75, 3.05) is 0 Å². The van der Waals surface area contributed by atoms with Crippen LogP contribution in [0.4, 0.5) is 0 Å². The first kappa shape index (κ1) is 21.7. The fourth-order valence-corrected chi connectivity index (χ4v) is 7.65. The molecule has 0 bridgehead atoms. The smallest absolute Gasteiger partial charge is 0.0698 e. The maximum absolute atomic E-state index is 13.9. The van der Waals surface area contributed by atoms with Gasteiger partial charge in [-0.3, -0.25) is 0 Å². The number of benzene rings is 2. The lowest BCUT2D eigenvalue weighted by molar-refractivity contribution is 0.197. The molecule has 4 rings (SSSR count). The molecule has 1 saturated heterocycles. The zero-order chi connectivity index (χ0) is 21.6. The van der Waals surface area contributed by atoms with E-state index >= 15 is 0 Å². The zero-order valence-corrected chi connectivity index (χ0v) is 20.4. The summed E-state index contributed by atoms with van der Waals surface area (Å²) in [4.78, 5) is 0. The van der Waals surface area contributed by atoms with E-state index in [1.165, 1.54) is 57.3 Å². The molecule has 0 aromatic heterocycles. The van der Waals surface area contributed by atoms with E-state index < -0.39 is 8.10 Å². The number of hydrogen-bond donors (Lipinski definition) is 0. The van der Waals surface area contributed by atoms with Gasteiger partial charge in [0.05, 0.1) is 25.2 Å². The Labute approximate surface area is 183 Å². The van der Waals surface area contributed by atoms with Gasteiger partial charge in [-0.25, -0.2) is 0 Å². The summed E-state index contributed by atoms with van der Waals surface area (Å²) in [5.74, 6) is 0. The first-order chi connectivity index (χ1) is 14.3. The summed E-state index contributed by atoms with van der Waals surface area (Å²) < 4.78 is 18.5. The minimum atomic E-state index is -1.54. The zero-order valence-electron chi connectivity index (χ0n) is 19.5. The highest BCUT2D eigenvalue weighted by molar-refractivity contribution is 7.39. The second-order valence-electron chi connectivity index (χ2n) is 9.62. The Morgan fingerprint density at radius 1 is 0.700 bits per heavy atom. The molecular weight excluding hydrogens is 387 g/mol. The third-order valence-electron chi connectivity index (χ3n) is 7.22. The van der Waals surface area contributed by atoms with Gasteiger partial charge in [-0.1, -0.05) is 57.6 Å². The molecule has 0 amide bonds. The van der Waals surface area contributed by atoms with Gasteiger partial charge < -0.3 is 0 Å². The molecule has 1 aliphatic heterocycles. The quantitative estimate of drug-likeness (QED) is 0.504. The summed E-state index contributed by atoms with van der Waals surface area (Å²) in [6.07, 6.45) is 4.84. The summed E-state index contributed by atoms with van der Waals surface area (Å²) in [5, 5.41) is 0. The predicted molar refractivity (Wildman–Crippen MR) is 126 cm³/mol. The highest BCUT2D eigenvalue weighted by atomic mass is 31.1. The topological polar surface area (TPSA) is 23.6 Å². The summed E-state index contributed by atoms with van der Waals surface area (Å²) in [7, 11) is -1.54. The minimum Gasteiger partial charge on any atom is -0.0698 e. The van der Waals surface area contributed by atoms with Crippen molar-refractivity contribution in [1.82, 2.24) is 9.34 Å². The van der Waals surface area contributed by atoms with E-state index in [9.17, 15) is 4.57 Å². The fourth-order valence-electron chi connectivity index (χ4n) is 5.79. The van der Waals surface area contributed by atoms with E-state index in [2.05, 4.69) is 75.1 Å². The Bertz CT molecular complexity index is 859. The lowest BCUT2D eigenvalue weighted by atomic mass is 9.89. The molecular formula is C26H36N2OP+. The highest BCUT2D eigenvalue weighted by Gasteiger charge is 2.57. The molecule has 1 aliphatic carbocycles. The SMILES string of the molecule is Cc1cc(C)c(CN2[C@@H]3CCCC[C@H]3N(Cc3c(C)cc(C)cc3C)[P+]2=O)c(C)c1. The normalized spacial score (nSPS) is 22.5. The second kappa shape index (κ2) is 8.54. The monoisotopic (exact) mass is 423 g/mol. The van der Waals surface area contributed by atoms with Crippen LogP contribution in [0.3, 0.4) is 0 Å². The molecule has 0 spiro atoms. The van der Waals surface area contributed by atoms with Crippen LogP contribution in [0.1, 0.15) is 70.2 Å². The Kier molecular flexibility index (Phi) is 6.17. The van der Waals surface area contributed by atoms with Crippen molar-refractivity contribution in [1.29, 1.82) is 0 Å². The Hall–Kier alpha value is -1.54. The third-order valence-corrected chi connectivity index (χ3v) is 8.98. The van der Waals surface area contributed by atoms with Crippen LogP contribution in [-0.2, 0) is 17.7 Å². The second-order valence-corrected chi connectivity index (χ2v) is 11.2. The molecule has 3 nitrogen and oxygen atoms in total. The summed E-state index contributed by atoms with van der Waals surface area (Å²) in [6.45, 7) is 14.7. The van der Waals surface area contributed by atoms with E-state index in [-0.39, 0.29) is 0 Å². The van der Waals surface area contributed by atoms with Crippen molar-refractivity contribution in [3.05, 3.63) is 68.8 Å². The molecule has 2 fully saturated rings. The van der Waals surface area contributed by atoms with Gasteiger partial charge in [0.1, 0.15) is 0 Å². The van der Waals surface area contributed by atoms with Crippen molar-refractivity contribution >= 4 is 8.10 Å². The number of nitrogens with zero attached hydrogens (tertiary/aromatic N) is 2. The van der Waals surface area contributed by atoms with Gasteiger partial charge in [-0.2, -0.15) is 0 Å². The van der Waals surface area contributed by atoms with Crippen LogP contribution < -0.4 is 0 Å². The molecule has 0 N–H and O–H groups in total. The van der Waals surface area contributed by atoms with Crippen LogP contribution >= 0.6 is 8.10 Å². The van der Waals surface area contributed by atoms with Crippen molar-refractivity contribution in [3.8, 4) is 0 Å². The van der Waals surface area contributed by atoms with Gasteiger partial charge in [-0.15, -0.1) is 0 Å². The molecule has 160 valence electrons. The van der Waals surface area contributed by atoms with E-state index in [1.807, 2.05) is 0 Å². The number of aryl methyl sites for hydroxylation is 6. The molecule has 2 aliphatic rings. The number of rotatable bonds is 4.